The molecule has 0 bridgehead atoms. The van der Waals surface area contributed by atoms with Crippen LogP contribution in [-0.2, 0) is 0 Å². The number of nitrogens with one attached hydrogen (secondary N) is 1. The minimum atomic E-state index is 0.594. The molecule has 0 unspecified atom stereocenters. The average molecular weight is 249 g/mol. The number of rotatable bonds is 8. The van der Waals surface area contributed by atoms with Crippen molar-refractivity contribution in [2.45, 2.75) is 53.0 Å². The molecule has 0 fully saturated rings. The van der Waals surface area contributed by atoms with Crippen molar-refractivity contribution < 1.29 is 4.74 Å². The van der Waals surface area contributed by atoms with Crippen LogP contribution < -0.4 is 10.1 Å². The SMILES string of the molecule is Cc1cccc(OCCCCCNC(C)C)c1C. The molecule has 0 amide bonds. The minimum absolute atomic E-state index is 0.594. The van der Waals surface area contributed by atoms with Gasteiger partial charge in [0.05, 0.1) is 6.61 Å². The molecule has 0 spiro atoms. The zero-order valence-corrected chi connectivity index (χ0v) is 12.3. The summed E-state index contributed by atoms with van der Waals surface area (Å²) in [6.07, 6.45) is 3.59. The van der Waals surface area contributed by atoms with Crippen molar-refractivity contribution in [3.05, 3.63) is 29.3 Å². The molecular weight excluding hydrogens is 222 g/mol. The van der Waals surface area contributed by atoms with E-state index in [0.717, 1.165) is 25.3 Å². The van der Waals surface area contributed by atoms with E-state index in [1.54, 1.807) is 0 Å². The van der Waals surface area contributed by atoms with Gasteiger partial charge in [-0.2, -0.15) is 0 Å². The molecule has 2 nitrogen and oxygen atoms in total. The molecule has 0 aliphatic carbocycles. The summed E-state index contributed by atoms with van der Waals surface area (Å²) in [5, 5.41) is 3.43. The highest BCUT2D eigenvalue weighted by Crippen LogP contribution is 2.20. The highest BCUT2D eigenvalue weighted by Gasteiger charge is 2.01. The first kappa shape index (κ1) is 15.0. The second-order valence-corrected chi connectivity index (χ2v) is 5.22. The van der Waals surface area contributed by atoms with Crippen molar-refractivity contribution in [2.75, 3.05) is 13.2 Å². The van der Waals surface area contributed by atoms with Crippen LogP contribution in [0, 0.1) is 13.8 Å². The summed E-state index contributed by atoms with van der Waals surface area (Å²) in [7, 11) is 0. The molecule has 0 saturated heterocycles. The third kappa shape index (κ3) is 5.54. The first-order chi connectivity index (χ1) is 8.61. The molecule has 0 saturated carbocycles. The van der Waals surface area contributed by atoms with Crippen molar-refractivity contribution in [2.24, 2.45) is 0 Å². The molecule has 0 aliphatic rings. The second-order valence-electron chi connectivity index (χ2n) is 5.22. The molecule has 0 aromatic heterocycles. The van der Waals surface area contributed by atoms with Crippen LogP contribution in [0.25, 0.3) is 0 Å². The maximum absolute atomic E-state index is 5.82. The molecule has 102 valence electrons. The Morgan fingerprint density at radius 3 is 2.61 bits per heavy atom. The van der Waals surface area contributed by atoms with Gasteiger partial charge < -0.3 is 10.1 Å². The first-order valence-corrected chi connectivity index (χ1v) is 7.03. The highest BCUT2D eigenvalue weighted by molar-refractivity contribution is 5.38. The van der Waals surface area contributed by atoms with E-state index < -0.39 is 0 Å². The molecule has 1 aromatic rings. The fourth-order valence-corrected chi connectivity index (χ4v) is 1.86. The van der Waals surface area contributed by atoms with Gasteiger partial charge in [-0.05, 0) is 56.8 Å². The lowest BCUT2D eigenvalue weighted by molar-refractivity contribution is 0.302. The van der Waals surface area contributed by atoms with Crippen LogP contribution in [0.5, 0.6) is 5.75 Å². The van der Waals surface area contributed by atoms with Gasteiger partial charge in [-0.1, -0.05) is 26.0 Å². The van der Waals surface area contributed by atoms with E-state index in [2.05, 4.69) is 51.2 Å². The number of aryl methyl sites for hydroxylation is 1. The van der Waals surface area contributed by atoms with Gasteiger partial charge in [0.15, 0.2) is 0 Å². The van der Waals surface area contributed by atoms with E-state index in [9.17, 15) is 0 Å². The summed E-state index contributed by atoms with van der Waals surface area (Å²) in [5.41, 5.74) is 2.56. The van der Waals surface area contributed by atoms with Crippen molar-refractivity contribution in [1.29, 1.82) is 0 Å². The third-order valence-electron chi connectivity index (χ3n) is 3.19. The smallest absolute Gasteiger partial charge is 0.122 e. The maximum atomic E-state index is 5.82. The van der Waals surface area contributed by atoms with Crippen molar-refractivity contribution in [1.82, 2.24) is 5.32 Å². The Balaban J connectivity index is 2.13. The van der Waals surface area contributed by atoms with E-state index in [1.807, 2.05) is 0 Å². The number of ether oxygens (including phenoxy) is 1. The third-order valence-corrected chi connectivity index (χ3v) is 3.19. The van der Waals surface area contributed by atoms with Gasteiger partial charge in [0.2, 0.25) is 0 Å². The summed E-state index contributed by atoms with van der Waals surface area (Å²) in [5.74, 6) is 1.04. The fourth-order valence-electron chi connectivity index (χ4n) is 1.86. The van der Waals surface area contributed by atoms with Crippen molar-refractivity contribution in [3.8, 4) is 5.75 Å². The number of hydrogen-bond acceptors (Lipinski definition) is 2. The molecule has 2 heteroatoms. The lowest BCUT2D eigenvalue weighted by Crippen LogP contribution is -2.23. The molecule has 18 heavy (non-hydrogen) atoms. The predicted octanol–water partition coefficient (Wildman–Crippen LogP) is 3.85. The van der Waals surface area contributed by atoms with Gasteiger partial charge in [0.25, 0.3) is 0 Å². The van der Waals surface area contributed by atoms with Gasteiger partial charge in [-0.15, -0.1) is 0 Å². The standard InChI is InChI=1S/C16H27NO/c1-13(2)17-11-6-5-7-12-18-16-10-8-9-14(3)15(16)4/h8-10,13,17H,5-7,11-12H2,1-4H3. The van der Waals surface area contributed by atoms with Crippen LogP contribution in [0.2, 0.25) is 0 Å². The summed E-state index contributed by atoms with van der Waals surface area (Å²) >= 11 is 0. The average Bonchev–Trinajstić information content (AvgIpc) is 2.32. The quantitative estimate of drug-likeness (QED) is 0.707. The molecule has 0 atom stereocenters. The topological polar surface area (TPSA) is 21.3 Å². The fraction of sp³-hybridized carbons (Fsp3) is 0.625. The molecule has 1 rings (SSSR count). The Morgan fingerprint density at radius 1 is 1.11 bits per heavy atom. The zero-order chi connectivity index (χ0) is 13.4. The lowest BCUT2D eigenvalue weighted by Gasteiger charge is -2.11. The van der Waals surface area contributed by atoms with Crippen LogP contribution in [0.3, 0.4) is 0 Å². The predicted molar refractivity (Wildman–Crippen MR) is 78.4 cm³/mol. The van der Waals surface area contributed by atoms with Gasteiger partial charge in [0, 0.05) is 6.04 Å². The second kappa shape index (κ2) is 8.15. The number of benzene rings is 1. The van der Waals surface area contributed by atoms with Crippen LogP contribution in [0.4, 0.5) is 0 Å². The van der Waals surface area contributed by atoms with Gasteiger partial charge in [-0.25, -0.2) is 0 Å². The lowest BCUT2D eigenvalue weighted by atomic mass is 10.1. The Hall–Kier alpha value is -1.02. The molecule has 0 aliphatic heterocycles. The van der Waals surface area contributed by atoms with Gasteiger partial charge in [0.1, 0.15) is 5.75 Å². The highest BCUT2D eigenvalue weighted by atomic mass is 16.5. The molecule has 0 heterocycles. The minimum Gasteiger partial charge on any atom is -0.493 e. The van der Waals surface area contributed by atoms with Crippen molar-refractivity contribution in [3.63, 3.8) is 0 Å². The summed E-state index contributed by atoms with van der Waals surface area (Å²) < 4.78 is 5.82. The zero-order valence-electron chi connectivity index (χ0n) is 12.3. The van der Waals surface area contributed by atoms with Crippen molar-refractivity contribution >= 4 is 0 Å². The molecule has 1 aromatic carbocycles. The van der Waals surface area contributed by atoms with Crippen LogP contribution >= 0.6 is 0 Å². The van der Waals surface area contributed by atoms with E-state index in [0.29, 0.717) is 6.04 Å². The number of unbranched alkanes of at least 4 members (excludes halogenated alkanes) is 2. The Kier molecular flexibility index (Phi) is 6.81. The first-order valence-electron chi connectivity index (χ1n) is 7.03. The molecular formula is C16H27NO. The largest absolute Gasteiger partial charge is 0.493 e. The van der Waals surface area contributed by atoms with Gasteiger partial charge >= 0.3 is 0 Å². The molecule has 1 N–H and O–H groups in total. The number of hydrogen-bond donors (Lipinski definition) is 1. The summed E-state index contributed by atoms with van der Waals surface area (Å²) in [6.45, 7) is 10.6. The van der Waals surface area contributed by atoms with Gasteiger partial charge in [-0.3, -0.25) is 0 Å². The van der Waals surface area contributed by atoms with Crippen LogP contribution in [0.15, 0.2) is 18.2 Å². The summed E-state index contributed by atoms with van der Waals surface area (Å²) in [6, 6.07) is 6.84. The molecule has 0 radical (unpaired) electrons. The van der Waals surface area contributed by atoms with E-state index in [1.165, 1.54) is 24.0 Å². The summed E-state index contributed by atoms with van der Waals surface area (Å²) in [4.78, 5) is 0. The van der Waals surface area contributed by atoms with E-state index in [4.69, 9.17) is 4.74 Å². The Bertz CT molecular complexity index is 347. The van der Waals surface area contributed by atoms with Crippen LogP contribution in [-0.4, -0.2) is 19.2 Å². The monoisotopic (exact) mass is 249 g/mol. The maximum Gasteiger partial charge on any atom is 0.122 e. The van der Waals surface area contributed by atoms with E-state index in [-0.39, 0.29) is 0 Å². The normalized spacial score (nSPS) is 10.9. The Labute approximate surface area is 112 Å². The van der Waals surface area contributed by atoms with E-state index >= 15 is 0 Å². The Morgan fingerprint density at radius 2 is 1.89 bits per heavy atom. The van der Waals surface area contributed by atoms with Crippen LogP contribution in [0.1, 0.15) is 44.2 Å².